The van der Waals surface area contributed by atoms with E-state index < -0.39 is 10.8 Å². The van der Waals surface area contributed by atoms with Crippen molar-refractivity contribution in [2.75, 3.05) is 16.4 Å². The van der Waals surface area contributed by atoms with Crippen LogP contribution in [0.3, 0.4) is 0 Å². The average Bonchev–Trinajstić information content (AvgIpc) is 3.32. The Labute approximate surface area is 207 Å². The molecular formula is C24H17FN4O4S2. The molecular weight excluding hydrogens is 491 g/mol. The number of amides is 2. The average molecular weight is 509 g/mol. The van der Waals surface area contributed by atoms with E-state index in [4.69, 9.17) is 0 Å². The van der Waals surface area contributed by atoms with E-state index in [1.54, 1.807) is 41.8 Å². The number of hydrogen-bond donors (Lipinski definition) is 2. The predicted molar refractivity (Wildman–Crippen MR) is 134 cm³/mol. The number of carbonyl (C=O) groups excluding carboxylic acids is 2. The standard InChI is InChI=1S/C24H17FN4O4S2/c25-17-9-7-15(8-10-17)21-13-35-24(27-21)28-22(30)14-34-20-6-2-4-18(12-20)26-23(31)16-3-1-5-19(11-16)29(32)33/h1-13H,14H2,(H,26,31)(H,27,28,30). The van der Waals surface area contributed by atoms with Gasteiger partial charge in [-0.1, -0.05) is 12.1 Å². The summed E-state index contributed by atoms with van der Waals surface area (Å²) in [4.78, 5) is 40.3. The highest BCUT2D eigenvalue weighted by atomic mass is 32.2. The lowest BCUT2D eigenvalue weighted by Crippen LogP contribution is -2.14. The van der Waals surface area contributed by atoms with Gasteiger partial charge >= 0.3 is 0 Å². The number of hydrogen-bond acceptors (Lipinski definition) is 7. The van der Waals surface area contributed by atoms with Crippen LogP contribution in [0.25, 0.3) is 11.3 Å². The van der Waals surface area contributed by atoms with E-state index in [2.05, 4.69) is 15.6 Å². The summed E-state index contributed by atoms with van der Waals surface area (Å²) in [5, 5.41) is 18.6. The van der Waals surface area contributed by atoms with Crippen LogP contribution in [-0.2, 0) is 4.79 Å². The Bertz CT molecular complexity index is 1390. The van der Waals surface area contributed by atoms with Crippen LogP contribution in [0, 0.1) is 15.9 Å². The summed E-state index contributed by atoms with van der Waals surface area (Å²) in [6.45, 7) is 0. The van der Waals surface area contributed by atoms with Crippen molar-refractivity contribution in [3.63, 3.8) is 0 Å². The SMILES string of the molecule is O=C(CSc1cccc(NC(=O)c2cccc([N+](=O)[O-])c2)c1)Nc1nc(-c2ccc(F)cc2)cs1. The minimum Gasteiger partial charge on any atom is -0.322 e. The maximum absolute atomic E-state index is 13.1. The number of rotatable bonds is 8. The number of carbonyl (C=O) groups is 2. The molecule has 1 heterocycles. The molecule has 0 aliphatic carbocycles. The van der Waals surface area contributed by atoms with Crippen molar-refractivity contribution in [3.8, 4) is 11.3 Å². The van der Waals surface area contributed by atoms with E-state index in [1.165, 1.54) is 59.5 Å². The van der Waals surface area contributed by atoms with E-state index >= 15 is 0 Å². The topological polar surface area (TPSA) is 114 Å². The number of aromatic nitrogens is 1. The fraction of sp³-hybridized carbons (Fsp3) is 0.0417. The monoisotopic (exact) mass is 508 g/mol. The molecule has 11 heteroatoms. The van der Waals surface area contributed by atoms with Crippen LogP contribution in [0.5, 0.6) is 0 Å². The zero-order valence-electron chi connectivity index (χ0n) is 17.9. The van der Waals surface area contributed by atoms with E-state index in [0.717, 1.165) is 10.5 Å². The Morgan fingerprint density at radius 2 is 1.80 bits per heavy atom. The number of non-ortho nitro benzene ring substituents is 1. The third kappa shape index (κ3) is 6.49. The van der Waals surface area contributed by atoms with E-state index in [1.807, 2.05) is 0 Å². The Balaban J connectivity index is 1.32. The Hall–Kier alpha value is -4.09. The highest BCUT2D eigenvalue weighted by Crippen LogP contribution is 2.26. The number of thioether (sulfide) groups is 1. The molecule has 1 aromatic heterocycles. The molecule has 3 aromatic carbocycles. The molecule has 35 heavy (non-hydrogen) atoms. The minimum atomic E-state index is -0.561. The summed E-state index contributed by atoms with van der Waals surface area (Å²) >= 11 is 2.55. The van der Waals surface area contributed by atoms with Crippen molar-refractivity contribution in [1.29, 1.82) is 0 Å². The molecule has 2 amide bonds. The second-order valence-electron chi connectivity index (χ2n) is 7.17. The van der Waals surface area contributed by atoms with Gasteiger partial charge in [0.25, 0.3) is 11.6 Å². The van der Waals surface area contributed by atoms with Crippen molar-refractivity contribution in [3.05, 3.63) is 99.7 Å². The lowest BCUT2D eigenvalue weighted by molar-refractivity contribution is -0.384. The number of benzene rings is 3. The first-order chi connectivity index (χ1) is 16.9. The van der Waals surface area contributed by atoms with Gasteiger partial charge in [-0.2, -0.15) is 0 Å². The van der Waals surface area contributed by atoms with E-state index in [-0.39, 0.29) is 28.7 Å². The predicted octanol–water partition coefficient (Wildman–Crippen LogP) is 5.84. The summed E-state index contributed by atoms with van der Waals surface area (Å²) in [7, 11) is 0. The molecule has 4 rings (SSSR count). The number of thiazole rings is 1. The first kappa shape index (κ1) is 24.0. The molecule has 0 radical (unpaired) electrons. The second kappa shape index (κ2) is 10.9. The molecule has 0 aliphatic rings. The summed E-state index contributed by atoms with van der Waals surface area (Å²) in [5.74, 6) is -0.939. The van der Waals surface area contributed by atoms with Gasteiger partial charge in [0.05, 0.1) is 16.4 Å². The zero-order valence-corrected chi connectivity index (χ0v) is 19.6. The van der Waals surface area contributed by atoms with Crippen LogP contribution < -0.4 is 10.6 Å². The van der Waals surface area contributed by atoms with Crippen LogP contribution >= 0.6 is 23.1 Å². The minimum absolute atomic E-state index is 0.119. The summed E-state index contributed by atoms with van der Waals surface area (Å²) in [6.07, 6.45) is 0. The number of anilines is 2. The smallest absolute Gasteiger partial charge is 0.270 e. The highest BCUT2D eigenvalue weighted by Gasteiger charge is 2.13. The molecule has 4 aromatic rings. The van der Waals surface area contributed by atoms with Crippen LogP contribution in [0.2, 0.25) is 0 Å². The quantitative estimate of drug-likeness (QED) is 0.176. The van der Waals surface area contributed by atoms with Crippen LogP contribution in [0.1, 0.15) is 10.4 Å². The van der Waals surface area contributed by atoms with Gasteiger partial charge in [0.15, 0.2) is 5.13 Å². The molecule has 2 N–H and O–H groups in total. The molecule has 0 saturated heterocycles. The normalized spacial score (nSPS) is 10.5. The van der Waals surface area contributed by atoms with Gasteiger partial charge in [0.2, 0.25) is 5.91 Å². The van der Waals surface area contributed by atoms with Crippen molar-refractivity contribution in [1.82, 2.24) is 4.98 Å². The van der Waals surface area contributed by atoms with Crippen LogP contribution in [0.15, 0.2) is 83.1 Å². The molecule has 176 valence electrons. The highest BCUT2D eigenvalue weighted by molar-refractivity contribution is 8.00. The van der Waals surface area contributed by atoms with Gasteiger partial charge in [0, 0.05) is 39.2 Å². The van der Waals surface area contributed by atoms with E-state index in [0.29, 0.717) is 16.5 Å². The largest absolute Gasteiger partial charge is 0.322 e. The summed E-state index contributed by atoms with van der Waals surface area (Å²) in [5.41, 5.74) is 1.89. The Kier molecular flexibility index (Phi) is 7.48. The van der Waals surface area contributed by atoms with Gasteiger partial charge in [-0.15, -0.1) is 23.1 Å². The Morgan fingerprint density at radius 3 is 2.57 bits per heavy atom. The van der Waals surface area contributed by atoms with E-state index in [9.17, 15) is 24.1 Å². The number of nitro benzene ring substituents is 1. The molecule has 0 aliphatic heterocycles. The van der Waals surface area contributed by atoms with Gasteiger partial charge in [-0.25, -0.2) is 9.37 Å². The zero-order chi connectivity index (χ0) is 24.8. The molecule has 0 fully saturated rings. The van der Waals surface area contributed by atoms with Gasteiger partial charge in [0.1, 0.15) is 5.82 Å². The molecule has 0 bridgehead atoms. The third-order valence-electron chi connectivity index (χ3n) is 4.67. The summed E-state index contributed by atoms with van der Waals surface area (Å²) < 4.78 is 13.1. The first-order valence-corrected chi connectivity index (χ1v) is 12.0. The summed E-state index contributed by atoms with van der Waals surface area (Å²) in [6, 6.07) is 18.3. The maximum atomic E-state index is 13.1. The maximum Gasteiger partial charge on any atom is 0.270 e. The van der Waals surface area contributed by atoms with Gasteiger partial charge in [-0.05, 0) is 48.5 Å². The fourth-order valence-electron chi connectivity index (χ4n) is 3.02. The van der Waals surface area contributed by atoms with Gasteiger partial charge < -0.3 is 10.6 Å². The molecule has 0 saturated carbocycles. The number of nitrogens with one attached hydrogen (secondary N) is 2. The Morgan fingerprint density at radius 1 is 1.03 bits per heavy atom. The molecule has 0 spiro atoms. The third-order valence-corrected chi connectivity index (χ3v) is 6.42. The lowest BCUT2D eigenvalue weighted by Gasteiger charge is -2.08. The number of nitrogens with zero attached hydrogens (tertiary/aromatic N) is 2. The van der Waals surface area contributed by atoms with Crippen molar-refractivity contribution in [2.24, 2.45) is 0 Å². The van der Waals surface area contributed by atoms with Gasteiger partial charge in [-0.3, -0.25) is 19.7 Å². The van der Waals surface area contributed by atoms with Crippen LogP contribution in [0.4, 0.5) is 20.9 Å². The number of halogens is 1. The van der Waals surface area contributed by atoms with Crippen molar-refractivity contribution < 1.29 is 18.9 Å². The van der Waals surface area contributed by atoms with Crippen LogP contribution in [-0.4, -0.2) is 27.5 Å². The second-order valence-corrected chi connectivity index (χ2v) is 9.08. The number of nitro groups is 1. The lowest BCUT2D eigenvalue weighted by atomic mass is 10.2. The van der Waals surface area contributed by atoms with Crippen molar-refractivity contribution in [2.45, 2.75) is 4.90 Å². The molecule has 0 atom stereocenters. The fourth-order valence-corrected chi connectivity index (χ4v) is 4.51. The first-order valence-electron chi connectivity index (χ1n) is 10.2. The van der Waals surface area contributed by atoms with Crippen molar-refractivity contribution >= 4 is 51.4 Å². The molecule has 0 unspecified atom stereocenters. The molecule has 8 nitrogen and oxygen atoms in total.